The van der Waals surface area contributed by atoms with Crippen LogP contribution in [0.1, 0.15) is 49.5 Å². The predicted molar refractivity (Wildman–Crippen MR) is 97.2 cm³/mol. The van der Waals surface area contributed by atoms with Crippen molar-refractivity contribution < 1.29 is 14.3 Å². The molecule has 0 bridgehead atoms. The van der Waals surface area contributed by atoms with E-state index in [1.807, 2.05) is 31.7 Å². The van der Waals surface area contributed by atoms with Crippen molar-refractivity contribution in [3.8, 4) is 12.3 Å². The van der Waals surface area contributed by atoms with Gasteiger partial charge in [0.15, 0.2) is 0 Å². The summed E-state index contributed by atoms with van der Waals surface area (Å²) in [6.07, 6.45) is 6.72. The number of carbonyl (C=O) groups is 2. The van der Waals surface area contributed by atoms with Gasteiger partial charge in [0, 0.05) is 30.8 Å². The number of rotatable bonds is 3. The quantitative estimate of drug-likeness (QED) is 0.859. The zero-order valence-corrected chi connectivity index (χ0v) is 15.2. The van der Waals surface area contributed by atoms with Crippen LogP contribution >= 0.6 is 0 Å². The number of piperidine rings is 1. The molecule has 0 aromatic heterocycles. The number of alkyl carbamates (subject to hydrolysis) is 1. The minimum atomic E-state index is -0.493. The van der Waals surface area contributed by atoms with Crippen molar-refractivity contribution >= 4 is 12.0 Å². The van der Waals surface area contributed by atoms with E-state index in [4.69, 9.17) is 11.2 Å². The van der Waals surface area contributed by atoms with Gasteiger partial charge in [0.1, 0.15) is 5.60 Å². The SMILES string of the molecule is C#Cc1cccc(C(=O)N2CCC(CNC(=O)OC(C)(C)C)CC2)c1. The molecule has 1 aromatic rings. The van der Waals surface area contributed by atoms with Crippen LogP contribution in [0.5, 0.6) is 0 Å². The third-order valence-electron chi connectivity index (χ3n) is 4.11. The van der Waals surface area contributed by atoms with E-state index in [0.717, 1.165) is 12.8 Å². The lowest BCUT2D eigenvalue weighted by molar-refractivity contribution is 0.0500. The van der Waals surface area contributed by atoms with E-state index in [1.54, 1.807) is 18.2 Å². The van der Waals surface area contributed by atoms with Crippen molar-refractivity contribution in [2.45, 2.75) is 39.2 Å². The Morgan fingerprint density at radius 1 is 1.32 bits per heavy atom. The van der Waals surface area contributed by atoms with Gasteiger partial charge in [-0.05, 0) is 57.7 Å². The smallest absolute Gasteiger partial charge is 0.407 e. The highest BCUT2D eigenvalue weighted by Crippen LogP contribution is 2.19. The molecule has 0 spiro atoms. The fourth-order valence-electron chi connectivity index (χ4n) is 2.81. The van der Waals surface area contributed by atoms with Gasteiger partial charge >= 0.3 is 6.09 Å². The second-order valence-electron chi connectivity index (χ2n) is 7.34. The van der Waals surface area contributed by atoms with Crippen molar-refractivity contribution in [1.29, 1.82) is 0 Å². The van der Waals surface area contributed by atoms with Gasteiger partial charge < -0.3 is 15.0 Å². The number of carbonyl (C=O) groups excluding carboxylic acids is 2. The van der Waals surface area contributed by atoms with E-state index in [-0.39, 0.29) is 5.91 Å². The average Bonchev–Trinajstić information content (AvgIpc) is 2.58. The minimum Gasteiger partial charge on any atom is -0.444 e. The molecular formula is C20H26N2O3. The molecule has 5 heteroatoms. The summed E-state index contributed by atoms with van der Waals surface area (Å²) >= 11 is 0. The molecule has 0 atom stereocenters. The molecule has 0 saturated carbocycles. The molecule has 5 nitrogen and oxygen atoms in total. The Labute approximate surface area is 149 Å². The van der Waals surface area contributed by atoms with Gasteiger partial charge in [-0.2, -0.15) is 0 Å². The number of hydrogen-bond donors (Lipinski definition) is 1. The van der Waals surface area contributed by atoms with Crippen LogP contribution in [-0.4, -0.2) is 42.1 Å². The van der Waals surface area contributed by atoms with Crippen molar-refractivity contribution in [3.63, 3.8) is 0 Å². The summed E-state index contributed by atoms with van der Waals surface area (Å²) in [7, 11) is 0. The number of terminal acetylenes is 1. The van der Waals surface area contributed by atoms with Crippen LogP contribution in [-0.2, 0) is 4.74 Å². The molecule has 25 heavy (non-hydrogen) atoms. The Kier molecular flexibility index (Phi) is 6.08. The maximum atomic E-state index is 12.6. The summed E-state index contributed by atoms with van der Waals surface area (Å²) in [5, 5.41) is 2.81. The summed E-state index contributed by atoms with van der Waals surface area (Å²) in [6.45, 7) is 7.45. The number of likely N-dealkylation sites (tertiary alicyclic amines) is 1. The fraction of sp³-hybridized carbons (Fsp3) is 0.500. The maximum Gasteiger partial charge on any atom is 0.407 e. The number of ether oxygens (including phenoxy) is 1. The van der Waals surface area contributed by atoms with Crippen molar-refractivity contribution in [1.82, 2.24) is 10.2 Å². The molecule has 1 heterocycles. The molecule has 1 N–H and O–H groups in total. The lowest BCUT2D eigenvalue weighted by atomic mass is 9.96. The Hall–Kier alpha value is -2.48. The molecule has 2 rings (SSSR count). The van der Waals surface area contributed by atoms with Crippen LogP contribution < -0.4 is 5.32 Å². The lowest BCUT2D eigenvalue weighted by Gasteiger charge is -2.32. The van der Waals surface area contributed by atoms with E-state index in [9.17, 15) is 9.59 Å². The first-order valence-electron chi connectivity index (χ1n) is 8.61. The first-order valence-corrected chi connectivity index (χ1v) is 8.61. The number of benzene rings is 1. The van der Waals surface area contributed by atoms with Crippen molar-refractivity contribution in [2.24, 2.45) is 5.92 Å². The van der Waals surface area contributed by atoms with E-state index in [0.29, 0.717) is 36.7 Å². The van der Waals surface area contributed by atoms with E-state index in [1.165, 1.54) is 0 Å². The Bertz CT molecular complexity index is 662. The van der Waals surface area contributed by atoms with Crippen LogP contribution in [0.15, 0.2) is 24.3 Å². The van der Waals surface area contributed by atoms with Gasteiger partial charge in [0.05, 0.1) is 0 Å². The number of hydrogen-bond acceptors (Lipinski definition) is 3. The average molecular weight is 342 g/mol. The highest BCUT2D eigenvalue weighted by molar-refractivity contribution is 5.94. The van der Waals surface area contributed by atoms with Gasteiger partial charge in [-0.25, -0.2) is 4.79 Å². The molecule has 2 amide bonds. The third kappa shape index (κ3) is 5.82. The summed E-state index contributed by atoms with van der Waals surface area (Å²) in [5.41, 5.74) is 0.843. The van der Waals surface area contributed by atoms with Crippen LogP contribution in [0.4, 0.5) is 4.79 Å². The monoisotopic (exact) mass is 342 g/mol. The van der Waals surface area contributed by atoms with Crippen LogP contribution in [0, 0.1) is 18.3 Å². The standard InChI is InChI=1S/C20H26N2O3/c1-5-15-7-6-8-17(13-15)18(23)22-11-9-16(10-12-22)14-21-19(24)25-20(2,3)4/h1,6-8,13,16H,9-12,14H2,2-4H3,(H,21,24). The topological polar surface area (TPSA) is 58.6 Å². The van der Waals surface area contributed by atoms with E-state index >= 15 is 0 Å². The number of amides is 2. The molecular weight excluding hydrogens is 316 g/mol. The zero-order valence-electron chi connectivity index (χ0n) is 15.2. The predicted octanol–water partition coefficient (Wildman–Crippen LogP) is 3.04. The van der Waals surface area contributed by atoms with E-state index in [2.05, 4.69) is 11.2 Å². The molecule has 1 aromatic carbocycles. The van der Waals surface area contributed by atoms with Crippen LogP contribution in [0.3, 0.4) is 0 Å². The number of nitrogens with zero attached hydrogens (tertiary/aromatic N) is 1. The summed E-state index contributed by atoms with van der Waals surface area (Å²) in [6, 6.07) is 7.16. The molecule has 134 valence electrons. The van der Waals surface area contributed by atoms with Gasteiger partial charge in [-0.15, -0.1) is 6.42 Å². The van der Waals surface area contributed by atoms with Crippen LogP contribution in [0.25, 0.3) is 0 Å². The van der Waals surface area contributed by atoms with Crippen molar-refractivity contribution in [3.05, 3.63) is 35.4 Å². The molecule has 0 unspecified atom stereocenters. The summed E-state index contributed by atoms with van der Waals surface area (Å²) in [4.78, 5) is 26.1. The summed E-state index contributed by atoms with van der Waals surface area (Å²) < 4.78 is 5.24. The molecule has 0 radical (unpaired) electrons. The van der Waals surface area contributed by atoms with Gasteiger partial charge in [-0.1, -0.05) is 12.0 Å². The minimum absolute atomic E-state index is 0.00986. The lowest BCUT2D eigenvalue weighted by Crippen LogP contribution is -2.42. The molecule has 1 saturated heterocycles. The van der Waals surface area contributed by atoms with Crippen molar-refractivity contribution in [2.75, 3.05) is 19.6 Å². The Morgan fingerprint density at radius 3 is 2.60 bits per heavy atom. The van der Waals surface area contributed by atoms with Crippen LogP contribution in [0.2, 0.25) is 0 Å². The highest BCUT2D eigenvalue weighted by atomic mass is 16.6. The summed E-state index contributed by atoms with van der Waals surface area (Å²) in [5.74, 6) is 2.92. The molecule has 0 aliphatic carbocycles. The van der Waals surface area contributed by atoms with Gasteiger partial charge in [-0.3, -0.25) is 4.79 Å². The second-order valence-corrected chi connectivity index (χ2v) is 7.34. The normalized spacial score (nSPS) is 15.4. The Morgan fingerprint density at radius 2 is 2.00 bits per heavy atom. The zero-order chi connectivity index (χ0) is 18.4. The molecule has 1 aliphatic heterocycles. The molecule has 1 fully saturated rings. The van der Waals surface area contributed by atoms with Gasteiger partial charge in [0.2, 0.25) is 0 Å². The fourth-order valence-corrected chi connectivity index (χ4v) is 2.81. The largest absolute Gasteiger partial charge is 0.444 e. The molecule has 1 aliphatic rings. The number of nitrogens with one attached hydrogen (secondary N) is 1. The first-order chi connectivity index (χ1) is 11.8. The highest BCUT2D eigenvalue weighted by Gasteiger charge is 2.24. The first kappa shape index (κ1) is 18.9. The van der Waals surface area contributed by atoms with Gasteiger partial charge in [0.25, 0.3) is 5.91 Å². The third-order valence-corrected chi connectivity index (χ3v) is 4.11. The van der Waals surface area contributed by atoms with E-state index < -0.39 is 11.7 Å². The maximum absolute atomic E-state index is 12.6. The second kappa shape index (κ2) is 8.06. The Balaban J connectivity index is 1.80.